The molecule has 0 aliphatic heterocycles. The molecule has 0 radical (unpaired) electrons. The molecule has 106 valence electrons. The summed E-state index contributed by atoms with van der Waals surface area (Å²) in [7, 11) is 0. The Bertz CT molecular complexity index is 437. The minimum Gasteiger partial charge on any atom is -0.334 e. The SMILES string of the molecule is CCC(CC)N(CCCl)C(=O)c1ccc(F)cc1Br. The van der Waals surface area contributed by atoms with Gasteiger partial charge in [0.1, 0.15) is 5.82 Å². The molecule has 0 aliphatic carbocycles. The number of hydrogen-bond donors (Lipinski definition) is 0. The molecule has 0 aromatic heterocycles. The molecular weight excluding hydrogens is 333 g/mol. The maximum Gasteiger partial charge on any atom is 0.255 e. The molecule has 0 N–H and O–H groups in total. The standard InChI is InChI=1S/C14H18BrClFNO/c1-3-11(4-2)18(8-7-16)14(19)12-6-5-10(17)9-13(12)15/h5-6,9,11H,3-4,7-8H2,1-2H3. The van der Waals surface area contributed by atoms with Crippen molar-refractivity contribution in [2.24, 2.45) is 0 Å². The lowest BCUT2D eigenvalue weighted by molar-refractivity contribution is 0.0680. The summed E-state index contributed by atoms with van der Waals surface area (Å²) >= 11 is 9.02. The molecule has 0 saturated carbocycles. The fourth-order valence-electron chi connectivity index (χ4n) is 2.09. The summed E-state index contributed by atoms with van der Waals surface area (Å²) in [6, 6.07) is 4.26. The van der Waals surface area contributed by atoms with E-state index in [1.807, 2.05) is 13.8 Å². The van der Waals surface area contributed by atoms with Crippen molar-refractivity contribution in [1.82, 2.24) is 4.90 Å². The number of amides is 1. The van der Waals surface area contributed by atoms with Gasteiger partial charge < -0.3 is 4.90 Å². The van der Waals surface area contributed by atoms with E-state index in [4.69, 9.17) is 11.6 Å². The van der Waals surface area contributed by atoms with E-state index in [2.05, 4.69) is 15.9 Å². The molecule has 0 bridgehead atoms. The predicted octanol–water partition coefficient (Wildman–Crippen LogP) is 4.46. The van der Waals surface area contributed by atoms with Crippen LogP contribution in [0, 0.1) is 5.82 Å². The highest BCUT2D eigenvalue weighted by atomic mass is 79.9. The molecule has 19 heavy (non-hydrogen) atoms. The minimum atomic E-state index is -0.366. The van der Waals surface area contributed by atoms with E-state index >= 15 is 0 Å². The van der Waals surface area contributed by atoms with E-state index in [0.717, 1.165) is 12.8 Å². The zero-order chi connectivity index (χ0) is 14.4. The summed E-state index contributed by atoms with van der Waals surface area (Å²) in [5.74, 6) is -0.0859. The minimum absolute atomic E-state index is 0.110. The van der Waals surface area contributed by atoms with Crippen LogP contribution in [0.3, 0.4) is 0 Å². The Balaban J connectivity index is 3.04. The van der Waals surface area contributed by atoms with Crippen LogP contribution in [0.1, 0.15) is 37.0 Å². The summed E-state index contributed by atoms with van der Waals surface area (Å²) < 4.78 is 13.6. The zero-order valence-corrected chi connectivity index (χ0v) is 13.5. The number of hydrogen-bond acceptors (Lipinski definition) is 1. The van der Waals surface area contributed by atoms with Crippen molar-refractivity contribution < 1.29 is 9.18 Å². The van der Waals surface area contributed by atoms with Gasteiger partial charge in [-0.15, -0.1) is 11.6 Å². The summed E-state index contributed by atoms with van der Waals surface area (Å²) in [4.78, 5) is 14.3. The van der Waals surface area contributed by atoms with Crippen molar-refractivity contribution in [3.05, 3.63) is 34.1 Å². The Kier molecular flexibility index (Phi) is 6.80. The van der Waals surface area contributed by atoms with Crippen LogP contribution in [0.2, 0.25) is 0 Å². The highest BCUT2D eigenvalue weighted by Crippen LogP contribution is 2.22. The van der Waals surface area contributed by atoms with Gasteiger partial charge in [0.05, 0.1) is 5.56 Å². The molecule has 0 fully saturated rings. The van der Waals surface area contributed by atoms with Crippen molar-refractivity contribution in [3.8, 4) is 0 Å². The number of nitrogens with zero attached hydrogens (tertiary/aromatic N) is 1. The van der Waals surface area contributed by atoms with Crippen LogP contribution in [0.25, 0.3) is 0 Å². The molecule has 0 saturated heterocycles. The van der Waals surface area contributed by atoms with Crippen LogP contribution in [-0.4, -0.2) is 29.3 Å². The van der Waals surface area contributed by atoms with Gasteiger partial charge in [0, 0.05) is 22.9 Å². The van der Waals surface area contributed by atoms with Crippen molar-refractivity contribution >= 4 is 33.4 Å². The van der Waals surface area contributed by atoms with E-state index < -0.39 is 0 Å². The molecule has 1 rings (SSSR count). The fourth-order valence-corrected chi connectivity index (χ4v) is 2.79. The molecular formula is C14H18BrClFNO. The smallest absolute Gasteiger partial charge is 0.255 e. The average molecular weight is 351 g/mol. The first-order chi connectivity index (χ1) is 9.04. The molecule has 5 heteroatoms. The van der Waals surface area contributed by atoms with E-state index in [1.165, 1.54) is 18.2 Å². The van der Waals surface area contributed by atoms with Gasteiger partial charge in [0.2, 0.25) is 0 Å². The second-order valence-corrected chi connectivity index (χ2v) is 5.51. The quantitative estimate of drug-likeness (QED) is 0.694. The third kappa shape index (κ3) is 4.18. The molecule has 0 unspecified atom stereocenters. The number of halogens is 3. The number of alkyl halides is 1. The van der Waals surface area contributed by atoms with Gasteiger partial charge in [-0.25, -0.2) is 4.39 Å². The molecule has 1 aromatic rings. The van der Waals surface area contributed by atoms with E-state index in [0.29, 0.717) is 22.5 Å². The van der Waals surface area contributed by atoms with Crippen LogP contribution in [-0.2, 0) is 0 Å². The Morgan fingerprint density at radius 1 is 1.42 bits per heavy atom. The molecule has 0 heterocycles. The van der Waals surface area contributed by atoms with Gasteiger partial charge >= 0.3 is 0 Å². The predicted molar refractivity (Wildman–Crippen MR) is 80.2 cm³/mol. The van der Waals surface area contributed by atoms with Gasteiger partial charge in [-0.2, -0.15) is 0 Å². The highest BCUT2D eigenvalue weighted by molar-refractivity contribution is 9.10. The Hall–Kier alpha value is -0.610. The van der Waals surface area contributed by atoms with Gasteiger partial charge in [-0.05, 0) is 47.0 Å². The lowest BCUT2D eigenvalue weighted by atomic mass is 10.1. The summed E-state index contributed by atoms with van der Waals surface area (Å²) in [6.45, 7) is 4.58. The molecule has 1 aromatic carbocycles. The third-order valence-corrected chi connectivity index (χ3v) is 3.96. The van der Waals surface area contributed by atoms with Crippen molar-refractivity contribution in [1.29, 1.82) is 0 Å². The fraction of sp³-hybridized carbons (Fsp3) is 0.500. The van der Waals surface area contributed by atoms with Crippen LogP contribution in [0.4, 0.5) is 4.39 Å². The lowest BCUT2D eigenvalue weighted by Crippen LogP contribution is -2.41. The number of rotatable bonds is 6. The summed E-state index contributed by atoms with van der Waals surface area (Å²) in [5, 5.41) is 0. The molecule has 0 spiro atoms. The maximum atomic E-state index is 13.1. The second-order valence-electron chi connectivity index (χ2n) is 4.28. The monoisotopic (exact) mass is 349 g/mol. The lowest BCUT2D eigenvalue weighted by Gasteiger charge is -2.30. The zero-order valence-electron chi connectivity index (χ0n) is 11.1. The van der Waals surface area contributed by atoms with Crippen LogP contribution >= 0.6 is 27.5 Å². The topological polar surface area (TPSA) is 20.3 Å². The maximum absolute atomic E-state index is 13.1. The third-order valence-electron chi connectivity index (χ3n) is 3.13. The van der Waals surface area contributed by atoms with Gasteiger partial charge in [0.25, 0.3) is 5.91 Å². The van der Waals surface area contributed by atoms with Gasteiger partial charge in [-0.1, -0.05) is 13.8 Å². The first kappa shape index (κ1) is 16.4. The van der Waals surface area contributed by atoms with E-state index in [-0.39, 0.29) is 17.8 Å². The number of carbonyl (C=O) groups is 1. The van der Waals surface area contributed by atoms with Gasteiger partial charge in [0.15, 0.2) is 0 Å². The van der Waals surface area contributed by atoms with Crippen LogP contribution in [0.5, 0.6) is 0 Å². The Labute approximate surface area is 127 Å². The molecule has 0 atom stereocenters. The van der Waals surface area contributed by atoms with Gasteiger partial charge in [-0.3, -0.25) is 4.79 Å². The Morgan fingerprint density at radius 3 is 2.53 bits per heavy atom. The van der Waals surface area contributed by atoms with Crippen molar-refractivity contribution in [2.45, 2.75) is 32.7 Å². The average Bonchev–Trinajstić information content (AvgIpc) is 2.38. The van der Waals surface area contributed by atoms with Crippen molar-refractivity contribution in [3.63, 3.8) is 0 Å². The Morgan fingerprint density at radius 2 is 2.05 bits per heavy atom. The van der Waals surface area contributed by atoms with Crippen LogP contribution < -0.4 is 0 Å². The molecule has 2 nitrogen and oxygen atoms in total. The van der Waals surface area contributed by atoms with E-state index in [9.17, 15) is 9.18 Å². The normalized spacial score (nSPS) is 10.8. The molecule has 0 aliphatic rings. The number of benzene rings is 1. The first-order valence-corrected chi connectivity index (χ1v) is 7.69. The largest absolute Gasteiger partial charge is 0.334 e. The molecule has 1 amide bonds. The summed E-state index contributed by atoms with van der Waals surface area (Å²) in [5.41, 5.74) is 0.471. The highest BCUT2D eigenvalue weighted by Gasteiger charge is 2.23. The second kappa shape index (κ2) is 7.85. The summed E-state index contributed by atoms with van der Waals surface area (Å²) in [6.07, 6.45) is 1.75. The van der Waals surface area contributed by atoms with Crippen LogP contribution in [0.15, 0.2) is 22.7 Å². The number of carbonyl (C=O) groups excluding carboxylic acids is 1. The van der Waals surface area contributed by atoms with Crippen molar-refractivity contribution in [2.75, 3.05) is 12.4 Å². The first-order valence-electron chi connectivity index (χ1n) is 6.37. The van der Waals surface area contributed by atoms with E-state index in [1.54, 1.807) is 4.90 Å².